The van der Waals surface area contributed by atoms with Crippen LogP contribution in [0.3, 0.4) is 0 Å². The van der Waals surface area contributed by atoms with E-state index in [0.29, 0.717) is 24.8 Å². The molecule has 0 saturated carbocycles. The van der Waals surface area contributed by atoms with Gasteiger partial charge in [-0.3, -0.25) is 0 Å². The summed E-state index contributed by atoms with van der Waals surface area (Å²) in [5.74, 6) is 0.320. The minimum absolute atomic E-state index is 0.106. The van der Waals surface area contributed by atoms with Crippen LogP contribution in [0.15, 0.2) is 23.1 Å². The first-order valence-corrected chi connectivity index (χ1v) is 8.91. The molecule has 6 heteroatoms. The normalized spacial score (nSPS) is 18.6. The van der Waals surface area contributed by atoms with Gasteiger partial charge >= 0.3 is 0 Å². The second-order valence-electron chi connectivity index (χ2n) is 5.57. The summed E-state index contributed by atoms with van der Waals surface area (Å²) in [6, 6.07) is 4.83. The van der Waals surface area contributed by atoms with Crippen LogP contribution in [-0.4, -0.2) is 27.7 Å². The lowest BCUT2D eigenvalue weighted by molar-refractivity contribution is 0.0585. The van der Waals surface area contributed by atoms with Gasteiger partial charge in [-0.1, -0.05) is 13.0 Å². The van der Waals surface area contributed by atoms with E-state index in [1.165, 1.54) is 6.07 Å². The number of hydrogen-bond donors (Lipinski definition) is 2. The van der Waals surface area contributed by atoms with E-state index in [-0.39, 0.29) is 10.9 Å². The van der Waals surface area contributed by atoms with E-state index >= 15 is 0 Å². The van der Waals surface area contributed by atoms with Crippen LogP contribution in [0.5, 0.6) is 0 Å². The highest BCUT2D eigenvalue weighted by molar-refractivity contribution is 7.89. The molecule has 118 valence electrons. The van der Waals surface area contributed by atoms with Gasteiger partial charge in [0.25, 0.3) is 0 Å². The Hall–Kier alpha value is -1.11. The molecule has 0 radical (unpaired) electrons. The zero-order chi connectivity index (χ0) is 15.5. The zero-order valence-corrected chi connectivity index (χ0v) is 13.4. The van der Waals surface area contributed by atoms with Gasteiger partial charge in [-0.2, -0.15) is 0 Å². The van der Waals surface area contributed by atoms with Gasteiger partial charge in [0.15, 0.2) is 0 Å². The average Bonchev–Trinajstić information content (AvgIpc) is 2.47. The average molecular weight is 312 g/mol. The summed E-state index contributed by atoms with van der Waals surface area (Å²) in [4.78, 5) is 0.233. The second kappa shape index (κ2) is 6.77. The van der Waals surface area contributed by atoms with E-state index < -0.39 is 10.0 Å². The highest BCUT2D eigenvalue weighted by Crippen LogP contribution is 2.22. The zero-order valence-electron chi connectivity index (χ0n) is 12.6. The lowest BCUT2D eigenvalue weighted by Gasteiger charge is -2.28. The topological polar surface area (TPSA) is 81.4 Å². The first-order chi connectivity index (χ1) is 9.94. The third-order valence-corrected chi connectivity index (χ3v) is 5.68. The Morgan fingerprint density at radius 2 is 2.05 bits per heavy atom. The van der Waals surface area contributed by atoms with E-state index in [1.807, 2.05) is 13.8 Å². The summed E-state index contributed by atoms with van der Waals surface area (Å²) in [5.41, 5.74) is 7.38. The summed E-state index contributed by atoms with van der Waals surface area (Å²) in [6.45, 7) is 5.31. The number of ether oxygens (including phenoxy) is 1. The van der Waals surface area contributed by atoms with Crippen LogP contribution in [0.1, 0.15) is 32.3 Å². The molecule has 1 aromatic carbocycles. The van der Waals surface area contributed by atoms with E-state index in [1.54, 1.807) is 12.1 Å². The van der Waals surface area contributed by atoms with Crippen molar-refractivity contribution < 1.29 is 13.2 Å². The molecule has 21 heavy (non-hydrogen) atoms. The van der Waals surface area contributed by atoms with Crippen LogP contribution in [0.2, 0.25) is 0 Å². The Morgan fingerprint density at radius 3 is 2.62 bits per heavy atom. The van der Waals surface area contributed by atoms with Crippen LogP contribution in [0.25, 0.3) is 0 Å². The molecule has 1 unspecified atom stereocenters. The van der Waals surface area contributed by atoms with Crippen molar-refractivity contribution in [1.29, 1.82) is 0 Å². The summed E-state index contributed by atoms with van der Waals surface area (Å²) in [6.07, 6.45) is 2.57. The molecular formula is C15H24N2O3S. The van der Waals surface area contributed by atoms with Crippen molar-refractivity contribution in [3.63, 3.8) is 0 Å². The third-order valence-electron chi connectivity index (χ3n) is 4.12. The fourth-order valence-corrected chi connectivity index (χ4v) is 4.03. The van der Waals surface area contributed by atoms with E-state index in [0.717, 1.165) is 24.8 Å². The fraction of sp³-hybridized carbons (Fsp3) is 0.600. The first-order valence-electron chi connectivity index (χ1n) is 7.42. The molecule has 1 saturated heterocycles. The summed E-state index contributed by atoms with van der Waals surface area (Å²) < 4.78 is 33.0. The maximum Gasteiger partial charge on any atom is 0.240 e. The highest BCUT2D eigenvalue weighted by Gasteiger charge is 2.25. The Labute approximate surface area is 126 Å². The Bertz CT molecular complexity index is 581. The molecule has 0 amide bonds. The van der Waals surface area contributed by atoms with Gasteiger partial charge in [-0.05, 0) is 49.8 Å². The maximum atomic E-state index is 12.4. The Balaban J connectivity index is 2.12. The van der Waals surface area contributed by atoms with Gasteiger partial charge in [0.1, 0.15) is 0 Å². The van der Waals surface area contributed by atoms with Crippen LogP contribution >= 0.6 is 0 Å². The van der Waals surface area contributed by atoms with Gasteiger partial charge < -0.3 is 10.5 Å². The number of anilines is 1. The van der Waals surface area contributed by atoms with E-state index in [2.05, 4.69) is 4.72 Å². The van der Waals surface area contributed by atoms with Crippen LogP contribution < -0.4 is 10.5 Å². The van der Waals surface area contributed by atoms with Gasteiger partial charge in [-0.15, -0.1) is 0 Å². The molecule has 1 atom stereocenters. The molecular weight excluding hydrogens is 288 g/mol. The number of aryl methyl sites for hydroxylation is 1. The van der Waals surface area contributed by atoms with Gasteiger partial charge in [0.05, 0.1) is 4.90 Å². The summed E-state index contributed by atoms with van der Waals surface area (Å²) in [5, 5.41) is 0. The molecule has 0 spiro atoms. The van der Waals surface area contributed by atoms with Crippen LogP contribution in [0, 0.1) is 5.92 Å². The fourth-order valence-electron chi connectivity index (χ4n) is 2.69. The van der Waals surface area contributed by atoms with Crippen molar-refractivity contribution >= 4 is 15.7 Å². The van der Waals surface area contributed by atoms with Gasteiger partial charge in [0, 0.05) is 24.9 Å². The summed E-state index contributed by atoms with van der Waals surface area (Å²) in [7, 11) is -3.53. The van der Waals surface area contributed by atoms with Gasteiger partial charge in [0.2, 0.25) is 10.0 Å². The number of nitrogens with one attached hydrogen (secondary N) is 1. The number of sulfonamides is 1. The molecule has 1 aliphatic rings. The molecule has 0 aliphatic carbocycles. The van der Waals surface area contributed by atoms with Crippen LogP contribution in [-0.2, 0) is 21.2 Å². The number of nitrogens with two attached hydrogens (primary N) is 1. The first kappa shape index (κ1) is 16.3. The molecule has 1 heterocycles. The van der Waals surface area contributed by atoms with Crippen molar-refractivity contribution in [2.75, 3.05) is 18.9 Å². The SMILES string of the molecule is CCc1ccc(S(=O)(=O)NC(C)C2CCOCC2)cc1N. The number of benzene rings is 1. The molecule has 5 nitrogen and oxygen atoms in total. The third kappa shape index (κ3) is 3.96. The molecule has 1 fully saturated rings. The van der Waals surface area contributed by atoms with Crippen molar-refractivity contribution in [3.8, 4) is 0 Å². The highest BCUT2D eigenvalue weighted by atomic mass is 32.2. The maximum absolute atomic E-state index is 12.4. The minimum atomic E-state index is -3.53. The second-order valence-corrected chi connectivity index (χ2v) is 7.29. The number of hydrogen-bond acceptors (Lipinski definition) is 4. The molecule has 1 aliphatic heterocycles. The monoisotopic (exact) mass is 312 g/mol. The number of nitrogen functional groups attached to an aromatic ring is 1. The molecule has 0 bridgehead atoms. The molecule has 0 aromatic heterocycles. The largest absolute Gasteiger partial charge is 0.398 e. The van der Waals surface area contributed by atoms with Gasteiger partial charge in [-0.25, -0.2) is 13.1 Å². The number of rotatable bonds is 5. The predicted octanol–water partition coefficient (Wildman–Crippen LogP) is 1.92. The summed E-state index contributed by atoms with van der Waals surface area (Å²) >= 11 is 0. The van der Waals surface area contributed by atoms with Crippen molar-refractivity contribution in [1.82, 2.24) is 4.72 Å². The smallest absolute Gasteiger partial charge is 0.240 e. The Morgan fingerprint density at radius 1 is 1.38 bits per heavy atom. The standard InChI is InChI=1S/C15H24N2O3S/c1-3-12-4-5-14(10-15(12)16)21(18,19)17-11(2)13-6-8-20-9-7-13/h4-5,10-11,13,17H,3,6-9,16H2,1-2H3. The Kier molecular flexibility index (Phi) is 5.24. The molecule has 1 aromatic rings. The predicted molar refractivity (Wildman–Crippen MR) is 83.6 cm³/mol. The van der Waals surface area contributed by atoms with Crippen molar-refractivity contribution in [2.24, 2.45) is 5.92 Å². The minimum Gasteiger partial charge on any atom is -0.398 e. The lowest BCUT2D eigenvalue weighted by Crippen LogP contribution is -2.40. The van der Waals surface area contributed by atoms with Crippen LogP contribution in [0.4, 0.5) is 5.69 Å². The van der Waals surface area contributed by atoms with Crippen molar-refractivity contribution in [3.05, 3.63) is 23.8 Å². The van der Waals surface area contributed by atoms with E-state index in [4.69, 9.17) is 10.5 Å². The molecule has 3 N–H and O–H groups in total. The molecule has 2 rings (SSSR count). The van der Waals surface area contributed by atoms with Crippen molar-refractivity contribution in [2.45, 2.75) is 44.0 Å². The quantitative estimate of drug-likeness (QED) is 0.814. The van der Waals surface area contributed by atoms with E-state index in [9.17, 15) is 8.42 Å². The lowest BCUT2D eigenvalue weighted by atomic mass is 9.94.